The molecule has 2 N–H and O–H groups in total. The molecule has 68 valence electrons. The molecule has 0 saturated heterocycles. The first-order valence-corrected chi connectivity index (χ1v) is 3.85. The molecule has 0 fully saturated rings. The van der Waals surface area contributed by atoms with E-state index in [0.717, 1.165) is 5.56 Å². The van der Waals surface area contributed by atoms with E-state index in [2.05, 4.69) is 15.5 Å². The van der Waals surface area contributed by atoms with Crippen molar-refractivity contribution in [3.63, 3.8) is 0 Å². The summed E-state index contributed by atoms with van der Waals surface area (Å²) in [5, 5.41) is 17.2. The summed E-state index contributed by atoms with van der Waals surface area (Å²) >= 11 is 0. The minimum absolute atomic E-state index is 0.302. The van der Waals surface area contributed by atoms with Crippen molar-refractivity contribution in [2.45, 2.75) is 19.9 Å². The monoisotopic (exact) mass is 178 g/mol. The predicted molar refractivity (Wildman–Crippen MR) is 45.9 cm³/mol. The van der Waals surface area contributed by atoms with E-state index in [4.69, 9.17) is 5.26 Å². The Kier molecular flexibility index (Phi) is 2.65. The van der Waals surface area contributed by atoms with E-state index in [1.807, 2.05) is 6.07 Å². The number of nitriles is 1. The molecule has 1 atom stereocenters. The van der Waals surface area contributed by atoms with Gasteiger partial charge in [0.25, 0.3) is 5.91 Å². The normalized spacial score (nSPS) is 11.8. The van der Waals surface area contributed by atoms with E-state index in [1.54, 1.807) is 20.0 Å². The summed E-state index contributed by atoms with van der Waals surface area (Å²) in [5.74, 6) is -0.302. The lowest BCUT2D eigenvalue weighted by Crippen LogP contribution is -2.31. The Morgan fingerprint density at radius 1 is 1.85 bits per heavy atom. The molecule has 13 heavy (non-hydrogen) atoms. The molecule has 5 nitrogen and oxygen atoms in total. The molecular weight excluding hydrogens is 168 g/mol. The minimum atomic E-state index is -0.491. The average molecular weight is 178 g/mol. The van der Waals surface area contributed by atoms with Crippen molar-refractivity contribution in [2.75, 3.05) is 0 Å². The van der Waals surface area contributed by atoms with E-state index in [9.17, 15) is 4.79 Å². The van der Waals surface area contributed by atoms with E-state index < -0.39 is 6.04 Å². The number of rotatable bonds is 2. The summed E-state index contributed by atoms with van der Waals surface area (Å²) in [6, 6.07) is 1.42. The van der Waals surface area contributed by atoms with Crippen LogP contribution in [0.4, 0.5) is 0 Å². The van der Waals surface area contributed by atoms with Gasteiger partial charge in [0, 0.05) is 0 Å². The zero-order valence-electron chi connectivity index (χ0n) is 7.46. The Labute approximate surface area is 75.8 Å². The Bertz CT molecular complexity index is 349. The lowest BCUT2D eigenvalue weighted by Gasteiger charge is -2.04. The lowest BCUT2D eigenvalue weighted by atomic mass is 10.2. The summed E-state index contributed by atoms with van der Waals surface area (Å²) in [7, 11) is 0. The van der Waals surface area contributed by atoms with Gasteiger partial charge in [0.15, 0.2) is 0 Å². The topological polar surface area (TPSA) is 81.6 Å². The number of aromatic nitrogens is 2. The molecule has 0 aliphatic heterocycles. The van der Waals surface area contributed by atoms with Gasteiger partial charge in [-0.1, -0.05) is 0 Å². The fraction of sp³-hybridized carbons (Fsp3) is 0.375. The van der Waals surface area contributed by atoms with Crippen molar-refractivity contribution < 1.29 is 4.79 Å². The minimum Gasteiger partial charge on any atom is -0.335 e. The zero-order valence-corrected chi connectivity index (χ0v) is 7.46. The average Bonchev–Trinajstić information content (AvgIpc) is 2.51. The molecule has 0 aliphatic rings. The molecule has 5 heteroatoms. The van der Waals surface area contributed by atoms with Gasteiger partial charge in [-0.15, -0.1) is 0 Å². The van der Waals surface area contributed by atoms with Crippen molar-refractivity contribution in [3.8, 4) is 6.07 Å². The highest BCUT2D eigenvalue weighted by molar-refractivity contribution is 5.93. The Hall–Kier alpha value is -1.83. The molecular formula is C8H10N4O. The van der Waals surface area contributed by atoms with Crippen LogP contribution in [-0.2, 0) is 0 Å². The molecule has 0 radical (unpaired) electrons. The molecule has 0 unspecified atom stereocenters. The van der Waals surface area contributed by atoms with Crippen LogP contribution < -0.4 is 5.32 Å². The van der Waals surface area contributed by atoms with Crippen LogP contribution in [0.1, 0.15) is 23.0 Å². The van der Waals surface area contributed by atoms with Crippen LogP contribution in [0.25, 0.3) is 0 Å². The Balaban J connectivity index is 2.71. The van der Waals surface area contributed by atoms with Crippen molar-refractivity contribution in [1.82, 2.24) is 15.5 Å². The van der Waals surface area contributed by atoms with Crippen LogP contribution in [0.15, 0.2) is 6.20 Å². The summed E-state index contributed by atoms with van der Waals surface area (Å²) in [4.78, 5) is 11.4. The number of hydrogen-bond acceptors (Lipinski definition) is 3. The molecule has 1 aromatic heterocycles. The largest absolute Gasteiger partial charge is 0.335 e. The zero-order chi connectivity index (χ0) is 9.84. The highest BCUT2D eigenvalue weighted by Crippen LogP contribution is 2.01. The number of hydrogen-bond donors (Lipinski definition) is 2. The van der Waals surface area contributed by atoms with Gasteiger partial charge >= 0.3 is 0 Å². The molecule has 0 saturated carbocycles. The highest BCUT2D eigenvalue weighted by Gasteiger charge is 2.12. The van der Waals surface area contributed by atoms with Crippen LogP contribution in [0.5, 0.6) is 0 Å². The van der Waals surface area contributed by atoms with Crippen molar-refractivity contribution in [3.05, 3.63) is 17.5 Å². The van der Waals surface area contributed by atoms with Gasteiger partial charge in [-0.05, 0) is 19.4 Å². The molecule has 1 amide bonds. The maximum absolute atomic E-state index is 11.4. The van der Waals surface area contributed by atoms with Gasteiger partial charge in [-0.2, -0.15) is 10.4 Å². The molecule has 0 aliphatic carbocycles. The Morgan fingerprint density at radius 2 is 2.54 bits per heavy atom. The van der Waals surface area contributed by atoms with Crippen molar-refractivity contribution in [1.29, 1.82) is 5.26 Å². The van der Waals surface area contributed by atoms with Crippen LogP contribution in [0, 0.1) is 18.3 Å². The second kappa shape index (κ2) is 3.72. The van der Waals surface area contributed by atoms with Crippen molar-refractivity contribution >= 4 is 5.91 Å². The van der Waals surface area contributed by atoms with Crippen LogP contribution in [0.3, 0.4) is 0 Å². The summed E-state index contributed by atoms with van der Waals surface area (Å²) in [6.07, 6.45) is 1.56. The van der Waals surface area contributed by atoms with Crippen LogP contribution >= 0.6 is 0 Å². The van der Waals surface area contributed by atoms with E-state index in [-0.39, 0.29) is 5.91 Å². The number of amides is 1. The number of carbonyl (C=O) groups excluding carboxylic acids is 1. The first-order chi connectivity index (χ1) is 6.15. The summed E-state index contributed by atoms with van der Waals surface area (Å²) in [6.45, 7) is 3.39. The number of aryl methyl sites for hydroxylation is 1. The van der Waals surface area contributed by atoms with Crippen LogP contribution in [-0.4, -0.2) is 22.1 Å². The third kappa shape index (κ3) is 2.06. The van der Waals surface area contributed by atoms with E-state index in [0.29, 0.717) is 5.69 Å². The SMILES string of the molecule is Cc1cn[nH]c1C(=O)N[C@@H](C)C#N. The van der Waals surface area contributed by atoms with E-state index >= 15 is 0 Å². The first kappa shape index (κ1) is 9.26. The predicted octanol–water partition coefficient (Wildman–Crippen LogP) is 0.360. The molecule has 0 aromatic carbocycles. The third-order valence-electron chi connectivity index (χ3n) is 1.60. The molecule has 0 bridgehead atoms. The van der Waals surface area contributed by atoms with Gasteiger partial charge < -0.3 is 5.32 Å². The molecule has 1 rings (SSSR count). The van der Waals surface area contributed by atoms with Gasteiger partial charge in [0.1, 0.15) is 11.7 Å². The number of aromatic amines is 1. The second-order valence-electron chi connectivity index (χ2n) is 2.75. The lowest BCUT2D eigenvalue weighted by molar-refractivity contribution is 0.0942. The quantitative estimate of drug-likeness (QED) is 0.686. The van der Waals surface area contributed by atoms with Crippen molar-refractivity contribution in [2.24, 2.45) is 0 Å². The van der Waals surface area contributed by atoms with E-state index in [1.165, 1.54) is 0 Å². The standard InChI is InChI=1S/C8H10N4O/c1-5-4-10-12-7(5)8(13)11-6(2)3-9/h4,6H,1-2H3,(H,10,12)(H,11,13)/t6-/m0/s1. The maximum Gasteiger partial charge on any atom is 0.270 e. The van der Waals surface area contributed by atoms with Gasteiger partial charge in [-0.25, -0.2) is 0 Å². The fourth-order valence-corrected chi connectivity index (χ4v) is 0.877. The molecule has 1 heterocycles. The molecule has 1 aromatic rings. The second-order valence-corrected chi connectivity index (χ2v) is 2.75. The third-order valence-corrected chi connectivity index (χ3v) is 1.60. The number of nitrogens with zero attached hydrogens (tertiary/aromatic N) is 2. The fourth-order valence-electron chi connectivity index (χ4n) is 0.877. The van der Waals surface area contributed by atoms with Gasteiger partial charge in [-0.3, -0.25) is 9.89 Å². The number of H-pyrrole nitrogens is 1. The van der Waals surface area contributed by atoms with Crippen LogP contribution in [0.2, 0.25) is 0 Å². The Morgan fingerprint density at radius 3 is 3.00 bits per heavy atom. The summed E-state index contributed by atoms with van der Waals surface area (Å²) in [5.41, 5.74) is 1.17. The highest BCUT2D eigenvalue weighted by atomic mass is 16.2. The van der Waals surface area contributed by atoms with Gasteiger partial charge in [0.05, 0.1) is 12.3 Å². The number of carbonyl (C=O) groups is 1. The first-order valence-electron chi connectivity index (χ1n) is 3.85. The molecule has 0 spiro atoms. The smallest absolute Gasteiger partial charge is 0.270 e. The van der Waals surface area contributed by atoms with Gasteiger partial charge in [0.2, 0.25) is 0 Å². The number of nitrogens with one attached hydrogen (secondary N) is 2. The summed E-state index contributed by atoms with van der Waals surface area (Å²) < 4.78 is 0. The maximum atomic E-state index is 11.4.